The minimum absolute atomic E-state index is 0.0827. The lowest BCUT2D eigenvalue weighted by molar-refractivity contribution is -0.0287. The Labute approximate surface area is 213 Å². The third kappa shape index (κ3) is 6.15. The van der Waals surface area contributed by atoms with E-state index in [0.717, 1.165) is 39.1 Å². The molecule has 0 aromatic heterocycles. The molecule has 200 valence electrons. The standard InChI is InChI=1S/C22H50N2O6Si4/c1-11-19(23-13-15-25-21(23)17(3)4)34(20(12-2)24-14-16-26-22(24)18(5)6)28-31-27-32(7,8)29-33(9,10)30-34/h17-22H,11-16,31H2,1-10H3. The Morgan fingerprint density at radius 3 is 1.62 bits per heavy atom. The summed E-state index contributed by atoms with van der Waals surface area (Å²) in [4.78, 5) is 5.12. The maximum Gasteiger partial charge on any atom is 0.355 e. The number of hydrogen-bond acceptors (Lipinski definition) is 8. The van der Waals surface area contributed by atoms with E-state index in [9.17, 15) is 0 Å². The predicted molar refractivity (Wildman–Crippen MR) is 144 cm³/mol. The van der Waals surface area contributed by atoms with E-state index in [1.165, 1.54) is 0 Å². The van der Waals surface area contributed by atoms with Gasteiger partial charge in [-0.05, 0) is 50.9 Å². The summed E-state index contributed by atoms with van der Waals surface area (Å²) >= 11 is 0. The van der Waals surface area contributed by atoms with Crippen molar-refractivity contribution in [3.05, 3.63) is 0 Å². The predicted octanol–water partition coefficient (Wildman–Crippen LogP) is 3.18. The molecule has 4 unspecified atom stereocenters. The Morgan fingerprint density at radius 1 is 0.735 bits per heavy atom. The second-order valence-electron chi connectivity index (χ2n) is 11.5. The first-order chi connectivity index (χ1) is 15.9. The molecular formula is C22H50N2O6Si4. The molecule has 0 bridgehead atoms. The second kappa shape index (κ2) is 11.5. The highest BCUT2D eigenvalue weighted by molar-refractivity contribution is 6.89. The largest absolute Gasteiger partial charge is 0.420 e. The summed E-state index contributed by atoms with van der Waals surface area (Å²) < 4.78 is 40.2. The average molecular weight is 551 g/mol. The molecule has 3 aliphatic rings. The quantitative estimate of drug-likeness (QED) is 0.427. The zero-order chi connectivity index (χ0) is 25.3. The van der Waals surface area contributed by atoms with Crippen LogP contribution in [0.3, 0.4) is 0 Å². The normalized spacial score (nSPS) is 35.6. The van der Waals surface area contributed by atoms with Crippen molar-refractivity contribution in [1.82, 2.24) is 9.80 Å². The Kier molecular flexibility index (Phi) is 9.86. The summed E-state index contributed by atoms with van der Waals surface area (Å²) in [7, 11) is -9.02. The summed E-state index contributed by atoms with van der Waals surface area (Å²) in [5.74, 6) is 0.798. The molecule has 0 aromatic rings. The van der Waals surface area contributed by atoms with E-state index in [-0.39, 0.29) is 23.8 Å². The van der Waals surface area contributed by atoms with Gasteiger partial charge in [0.25, 0.3) is 10.0 Å². The smallest absolute Gasteiger partial charge is 0.355 e. The third-order valence-corrected chi connectivity index (χ3v) is 23.2. The van der Waals surface area contributed by atoms with Gasteiger partial charge in [-0.1, -0.05) is 41.5 Å². The SMILES string of the molecule is CCC(N1CCOC1C(C)C)[Si]1(C(CC)N2CCOC2C(C)C)O[SiH2]O[Si](C)(C)O[Si](C)(C)O1. The lowest BCUT2D eigenvalue weighted by Crippen LogP contribution is -2.76. The molecule has 4 atom stereocenters. The van der Waals surface area contributed by atoms with Gasteiger partial charge in [0.05, 0.1) is 24.5 Å². The monoisotopic (exact) mass is 550 g/mol. The Balaban J connectivity index is 2.11. The van der Waals surface area contributed by atoms with Gasteiger partial charge in [0.1, 0.15) is 12.5 Å². The van der Waals surface area contributed by atoms with Crippen LogP contribution in [0, 0.1) is 11.8 Å². The molecule has 34 heavy (non-hydrogen) atoms. The van der Waals surface area contributed by atoms with Crippen LogP contribution in [-0.2, 0) is 25.9 Å². The molecule has 0 spiro atoms. The second-order valence-corrected chi connectivity index (χ2v) is 24.0. The van der Waals surface area contributed by atoms with Gasteiger partial charge in [-0.2, -0.15) is 0 Å². The Hall–Kier alpha value is 0.548. The molecule has 3 aliphatic heterocycles. The van der Waals surface area contributed by atoms with E-state index < -0.39 is 35.7 Å². The average Bonchev–Trinajstić information content (AvgIpc) is 3.36. The van der Waals surface area contributed by atoms with Gasteiger partial charge in [0.15, 0.2) is 0 Å². The van der Waals surface area contributed by atoms with Crippen molar-refractivity contribution in [3.8, 4) is 0 Å². The van der Waals surface area contributed by atoms with Crippen molar-refractivity contribution in [2.45, 2.75) is 104 Å². The zero-order valence-corrected chi connectivity index (χ0v) is 27.7. The van der Waals surface area contributed by atoms with Crippen LogP contribution >= 0.6 is 0 Å². The summed E-state index contributed by atoms with van der Waals surface area (Å²) in [5, 5.41) is 0. The molecule has 8 nitrogen and oxygen atoms in total. The zero-order valence-electron chi connectivity index (χ0n) is 23.3. The van der Waals surface area contributed by atoms with Gasteiger partial charge in [-0.25, -0.2) is 0 Å². The van der Waals surface area contributed by atoms with E-state index in [1.807, 2.05) is 0 Å². The minimum atomic E-state index is -2.94. The van der Waals surface area contributed by atoms with Crippen LogP contribution < -0.4 is 0 Å². The van der Waals surface area contributed by atoms with Gasteiger partial charge in [-0.3, -0.25) is 9.80 Å². The molecule has 12 heteroatoms. The van der Waals surface area contributed by atoms with Crippen molar-refractivity contribution >= 4 is 35.7 Å². The number of hydrogen-bond donors (Lipinski definition) is 0. The highest BCUT2D eigenvalue weighted by Gasteiger charge is 2.62. The van der Waals surface area contributed by atoms with Gasteiger partial charge in [0, 0.05) is 13.1 Å². The fraction of sp³-hybridized carbons (Fsp3) is 1.00. The van der Waals surface area contributed by atoms with Crippen molar-refractivity contribution < 1.29 is 25.9 Å². The van der Waals surface area contributed by atoms with Crippen molar-refractivity contribution in [2.75, 3.05) is 26.3 Å². The molecule has 0 amide bonds. The van der Waals surface area contributed by atoms with Crippen LogP contribution in [0.4, 0.5) is 0 Å². The van der Waals surface area contributed by atoms with Crippen LogP contribution in [0.25, 0.3) is 0 Å². The number of nitrogens with zero attached hydrogens (tertiary/aromatic N) is 2. The van der Waals surface area contributed by atoms with E-state index in [1.54, 1.807) is 0 Å². The van der Waals surface area contributed by atoms with Crippen LogP contribution in [0.2, 0.25) is 26.2 Å². The first kappa shape index (κ1) is 29.1. The molecule has 3 rings (SSSR count). The molecule has 3 heterocycles. The maximum absolute atomic E-state index is 7.42. The Morgan fingerprint density at radius 2 is 1.21 bits per heavy atom. The summed E-state index contributed by atoms with van der Waals surface area (Å²) in [6.45, 7) is 25.5. The molecule has 0 N–H and O–H groups in total. The molecule has 0 saturated carbocycles. The highest BCUT2D eigenvalue weighted by atomic mass is 28.5. The maximum atomic E-state index is 7.42. The first-order valence-electron chi connectivity index (χ1n) is 13.3. The Bertz CT molecular complexity index is 637. The summed E-state index contributed by atoms with van der Waals surface area (Å²) in [6.07, 6.45) is 2.07. The van der Waals surface area contributed by atoms with Crippen LogP contribution in [0.15, 0.2) is 0 Å². The topological polar surface area (TPSA) is 61.9 Å². The van der Waals surface area contributed by atoms with E-state index >= 15 is 0 Å². The van der Waals surface area contributed by atoms with Crippen LogP contribution in [0.5, 0.6) is 0 Å². The van der Waals surface area contributed by atoms with Crippen LogP contribution in [0.1, 0.15) is 54.4 Å². The lowest BCUT2D eigenvalue weighted by atomic mass is 10.1. The molecule has 0 aromatic carbocycles. The van der Waals surface area contributed by atoms with E-state index in [4.69, 9.17) is 25.9 Å². The molecule has 0 radical (unpaired) electrons. The molecule has 3 fully saturated rings. The fourth-order valence-electron chi connectivity index (χ4n) is 6.19. The molecule has 0 aliphatic carbocycles. The van der Waals surface area contributed by atoms with Gasteiger partial charge in [0.2, 0.25) is 0 Å². The number of rotatable bonds is 8. The summed E-state index contributed by atoms with van der Waals surface area (Å²) in [6, 6.07) is 0. The molecule has 3 saturated heterocycles. The summed E-state index contributed by atoms with van der Waals surface area (Å²) in [5.41, 5.74) is 0.324. The van der Waals surface area contributed by atoms with Crippen molar-refractivity contribution in [2.24, 2.45) is 11.8 Å². The van der Waals surface area contributed by atoms with Gasteiger partial charge in [-0.15, -0.1) is 0 Å². The lowest BCUT2D eigenvalue weighted by Gasteiger charge is -2.54. The fourth-order valence-corrected chi connectivity index (χ4v) is 24.4. The van der Waals surface area contributed by atoms with Crippen molar-refractivity contribution in [1.29, 1.82) is 0 Å². The van der Waals surface area contributed by atoms with E-state index in [2.05, 4.69) is 77.5 Å². The van der Waals surface area contributed by atoms with Gasteiger partial charge >= 0.3 is 25.7 Å². The van der Waals surface area contributed by atoms with Gasteiger partial charge < -0.3 is 25.9 Å². The van der Waals surface area contributed by atoms with E-state index in [0.29, 0.717) is 11.8 Å². The highest BCUT2D eigenvalue weighted by Crippen LogP contribution is 2.39. The minimum Gasteiger partial charge on any atom is -0.420 e. The third-order valence-electron chi connectivity index (χ3n) is 7.16. The molecular weight excluding hydrogens is 501 g/mol. The first-order valence-corrected chi connectivity index (χ1v) is 22.1. The number of ether oxygens (including phenoxy) is 2. The van der Waals surface area contributed by atoms with Crippen molar-refractivity contribution in [3.63, 3.8) is 0 Å². The van der Waals surface area contributed by atoms with Crippen LogP contribution in [-0.4, -0.2) is 95.6 Å².